The van der Waals surface area contributed by atoms with Gasteiger partial charge in [-0.15, -0.1) is 0 Å². The third-order valence-electron chi connectivity index (χ3n) is 5.43. The molecular formula is C24H33N3O5. The molecule has 32 heavy (non-hydrogen) atoms. The Kier molecular flexibility index (Phi) is 9.13. The zero-order chi connectivity index (χ0) is 22.8. The fraction of sp³-hybridized carbons (Fsp3) is 0.500. The molecule has 0 unspecified atom stereocenters. The number of ether oxygens (including phenoxy) is 4. The number of carbonyl (C=O) groups excluding carboxylic acids is 1. The second-order valence-corrected chi connectivity index (χ2v) is 7.59. The van der Waals surface area contributed by atoms with Crippen LogP contribution in [0.2, 0.25) is 0 Å². The van der Waals surface area contributed by atoms with E-state index < -0.39 is 0 Å². The molecule has 0 radical (unpaired) electrons. The number of hydrogen-bond donors (Lipinski definition) is 0. The van der Waals surface area contributed by atoms with E-state index in [0.717, 1.165) is 44.0 Å². The normalized spacial score (nSPS) is 14.1. The fourth-order valence-electron chi connectivity index (χ4n) is 3.65. The summed E-state index contributed by atoms with van der Waals surface area (Å²) in [7, 11) is 3.22. The molecule has 1 aromatic heterocycles. The lowest BCUT2D eigenvalue weighted by molar-refractivity contribution is -0.132. The van der Waals surface area contributed by atoms with Crippen molar-refractivity contribution < 1.29 is 23.7 Å². The van der Waals surface area contributed by atoms with Gasteiger partial charge in [0.05, 0.1) is 27.4 Å². The van der Waals surface area contributed by atoms with Gasteiger partial charge >= 0.3 is 0 Å². The number of hydrogen-bond acceptors (Lipinski definition) is 7. The number of methoxy groups -OCH3 is 2. The predicted octanol–water partition coefficient (Wildman–Crippen LogP) is 2.75. The minimum atomic E-state index is 0.0746. The van der Waals surface area contributed by atoms with Crippen LogP contribution < -0.4 is 14.2 Å². The molecule has 1 aliphatic rings. The Bertz CT molecular complexity index is 831. The maximum atomic E-state index is 12.6. The molecule has 2 heterocycles. The van der Waals surface area contributed by atoms with Crippen LogP contribution in [0.4, 0.5) is 0 Å². The third kappa shape index (κ3) is 6.58. The quantitative estimate of drug-likeness (QED) is 0.529. The van der Waals surface area contributed by atoms with Gasteiger partial charge in [-0.2, -0.15) is 0 Å². The van der Waals surface area contributed by atoms with E-state index in [0.29, 0.717) is 43.4 Å². The van der Waals surface area contributed by atoms with Crippen LogP contribution in [0.3, 0.4) is 0 Å². The SMILES string of the molecule is CCC(=O)N(Cc1ccncc1)Cc1cc(OC)c(OCCN2CCOCC2)c(OC)c1. The van der Waals surface area contributed by atoms with E-state index >= 15 is 0 Å². The molecular weight excluding hydrogens is 410 g/mol. The Morgan fingerprint density at radius 3 is 2.28 bits per heavy atom. The van der Waals surface area contributed by atoms with Gasteiger partial charge in [0.2, 0.25) is 11.7 Å². The van der Waals surface area contributed by atoms with Crippen LogP contribution in [-0.2, 0) is 22.6 Å². The van der Waals surface area contributed by atoms with Crippen molar-refractivity contribution in [3.8, 4) is 17.2 Å². The highest BCUT2D eigenvalue weighted by Crippen LogP contribution is 2.39. The lowest BCUT2D eigenvalue weighted by atomic mass is 10.1. The lowest BCUT2D eigenvalue weighted by Gasteiger charge is -2.27. The van der Waals surface area contributed by atoms with Gasteiger partial charge in [-0.1, -0.05) is 6.92 Å². The second kappa shape index (κ2) is 12.3. The Morgan fingerprint density at radius 1 is 1.06 bits per heavy atom. The zero-order valence-electron chi connectivity index (χ0n) is 19.2. The highest BCUT2D eigenvalue weighted by Gasteiger charge is 2.19. The molecule has 174 valence electrons. The van der Waals surface area contributed by atoms with E-state index in [9.17, 15) is 4.79 Å². The van der Waals surface area contributed by atoms with Gasteiger partial charge in [-0.05, 0) is 35.4 Å². The van der Waals surface area contributed by atoms with Crippen LogP contribution in [-0.4, -0.2) is 74.4 Å². The minimum absolute atomic E-state index is 0.0746. The van der Waals surface area contributed by atoms with Crippen LogP contribution in [0.5, 0.6) is 17.2 Å². The summed E-state index contributed by atoms with van der Waals surface area (Å²) in [6.45, 7) is 7.49. The first-order valence-electron chi connectivity index (χ1n) is 11.0. The number of pyridine rings is 1. The number of rotatable bonds is 11. The third-order valence-corrected chi connectivity index (χ3v) is 5.43. The molecule has 0 spiro atoms. The van der Waals surface area contributed by atoms with Crippen molar-refractivity contribution in [1.82, 2.24) is 14.8 Å². The van der Waals surface area contributed by atoms with Crippen LogP contribution in [0.1, 0.15) is 24.5 Å². The number of nitrogens with zero attached hydrogens (tertiary/aromatic N) is 3. The van der Waals surface area contributed by atoms with Crippen LogP contribution in [0.15, 0.2) is 36.7 Å². The molecule has 0 saturated carbocycles. The highest BCUT2D eigenvalue weighted by molar-refractivity contribution is 5.76. The van der Waals surface area contributed by atoms with Crippen molar-refractivity contribution in [3.05, 3.63) is 47.8 Å². The first-order chi connectivity index (χ1) is 15.6. The summed E-state index contributed by atoms with van der Waals surface area (Å²) in [4.78, 5) is 20.8. The van der Waals surface area contributed by atoms with Crippen molar-refractivity contribution >= 4 is 5.91 Å². The van der Waals surface area contributed by atoms with Crippen molar-refractivity contribution in [1.29, 1.82) is 0 Å². The predicted molar refractivity (Wildman–Crippen MR) is 121 cm³/mol. The molecule has 1 aromatic carbocycles. The monoisotopic (exact) mass is 443 g/mol. The van der Waals surface area contributed by atoms with E-state index in [2.05, 4.69) is 9.88 Å². The van der Waals surface area contributed by atoms with Crippen LogP contribution >= 0.6 is 0 Å². The smallest absolute Gasteiger partial charge is 0.222 e. The van der Waals surface area contributed by atoms with Crippen molar-refractivity contribution in [2.75, 3.05) is 53.7 Å². The first kappa shape index (κ1) is 23.8. The Morgan fingerprint density at radius 2 is 1.69 bits per heavy atom. The number of benzene rings is 1. The summed E-state index contributed by atoms with van der Waals surface area (Å²) >= 11 is 0. The largest absolute Gasteiger partial charge is 0.493 e. The molecule has 0 N–H and O–H groups in total. The number of aromatic nitrogens is 1. The Labute approximate surface area is 190 Å². The van der Waals surface area contributed by atoms with Gasteiger partial charge in [0.1, 0.15) is 6.61 Å². The second-order valence-electron chi connectivity index (χ2n) is 7.59. The molecule has 0 aliphatic carbocycles. The maximum Gasteiger partial charge on any atom is 0.222 e. The van der Waals surface area contributed by atoms with Crippen LogP contribution in [0.25, 0.3) is 0 Å². The van der Waals surface area contributed by atoms with E-state index in [-0.39, 0.29) is 5.91 Å². The van der Waals surface area contributed by atoms with Gasteiger partial charge in [-0.25, -0.2) is 0 Å². The summed E-state index contributed by atoms with van der Waals surface area (Å²) in [5.74, 6) is 1.84. The Balaban J connectivity index is 1.73. The maximum absolute atomic E-state index is 12.6. The fourth-order valence-corrected chi connectivity index (χ4v) is 3.65. The average Bonchev–Trinajstić information content (AvgIpc) is 2.84. The van der Waals surface area contributed by atoms with Crippen molar-refractivity contribution in [2.24, 2.45) is 0 Å². The number of morpholine rings is 1. The van der Waals surface area contributed by atoms with E-state index in [1.807, 2.05) is 36.1 Å². The summed E-state index contributed by atoms with van der Waals surface area (Å²) in [5, 5.41) is 0. The highest BCUT2D eigenvalue weighted by atomic mass is 16.5. The molecule has 1 fully saturated rings. The molecule has 0 bridgehead atoms. The molecule has 1 saturated heterocycles. The van der Waals surface area contributed by atoms with Gasteiger partial charge in [0, 0.05) is 51.5 Å². The molecule has 2 aromatic rings. The van der Waals surface area contributed by atoms with Gasteiger partial charge in [0.15, 0.2) is 11.5 Å². The summed E-state index contributed by atoms with van der Waals surface area (Å²) in [6.07, 6.45) is 3.90. The number of amides is 1. The summed E-state index contributed by atoms with van der Waals surface area (Å²) in [6, 6.07) is 7.66. The lowest BCUT2D eigenvalue weighted by Crippen LogP contribution is -2.38. The van der Waals surface area contributed by atoms with E-state index in [4.69, 9.17) is 18.9 Å². The van der Waals surface area contributed by atoms with Crippen LogP contribution in [0, 0.1) is 0 Å². The van der Waals surface area contributed by atoms with Gasteiger partial charge in [0.25, 0.3) is 0 Å². The summed E-state index contributed by atoms with van der Waals surface area (Å²) in [5.41, 5.74) is 1.94. The van der Waals surface area contributed by atoms with Gasteiger partial charge < -0.3 is 23.8 Å². The number of carbonyl (C=O) groups is 1. The van der Waals surface area contributed by atoms with E-state index in [1.165, 1.54) is 0 Å². The first-order valence-corrected chi connectivity index (χ1v) is 11.0. The van der Waals surface area contributed by atoms with Gasteiger partial charge in [-0.3, -0.25) is 14.7 Å². The molecule has 8 nitrogen and oxygen atoms in total. The molecule has 3 rings (SSSR count). The molecule has 0 atom stereocenters. The average molecular weight is 444 g/mol. The molecule has 8 heteroatoms. The Hall–Kier alpha value is -2.84. The van der Waals surface area contributed by atoms with E-state index in [1.54, 1.807) is 26.6 Å². The zero-order valence-corrected chi connectivity index (χ0v) is 19.2. The minimum Gasteiger partial charge on any atom is -0.493 e. The molecule has 1 amide bonds. The van der Waals surface area contributed by atoms with Crippen molar-refractivity contribution in [2.45, 2.75) is 26.4 Å². The topological polar surface area (TPSA) is 73.4 Å². The van der Waals surface area contributed by atoms with Crippen molar-refractivity contribution in [3.63, 3.8) is 0 Å². The summed E-state index contributed by atoms with van der Waals surface area (Å²) < 4.78 is 22.7. The standard InChI is InChI=1S/C24H33N3O5/c1-4-23(28)27(17-19-5-7-25-8-6-19)18-20-15-21(29-2)24(22(16-20)30-3)32-14-11-26-9-12-31-13-10-26/h5-8,15-16H,4,9-14,17-18H2,1-3H3. The molecule has 1 aliphatic heterocycles.